The molecule has 5 nitrogen and oxygen atoms in total. The molecule has 1 saturated carbocycles. The van der Waals surface area contributed by atoms with E-state index < -0.39 is 5.60 Å². The molecular formula is C27H44N2O3. The van der Waals surface area contributed by atoms with Crippen molar-refractivity contribution in [2.75, 3.05) is 38.2 Å². The third-order valence-electron chi connectivity index (χ3n) is 6.67. The van der Waals surface area contributed by atoms with E-state index in [1.807, 2.05) is 25.7 Å². The van der Waals surface area contributed by atoms with Gasteiger partial charge in [0, 0.05) is 39.0 Å². The molecule has 1 amide bonds. The maximum absolute atomic E-state index is 12.5. The summed E-state index contributed by atoms with van der Waals surface area (Å²) in [6.07, 6.45) is 3.47. The predicted octanol–water partition coefficient (Wildman–Crippen LogP) is 6.21. The molecule has 1 heterocycles. The molecule has 3 rings (SSSR count). The number of nitrogens with zero attached hydrogens (tertiary/aromatic N) is 2. The van der Waals surface area contributed by atoms with Gasteiger partial charge in [0.15, 0.2) is 0 Å². The molecule has 0 aromatic heterocycles. The number of piperazine rings is 1. The number of anilines is 1. The second kappa shape index (κ2) is 9.24. The first-order valence-corrected chi connectivity index (χ1v) is 12.1. The summed E-state index contributed by atoms with van der Waals surface area (Å²) in [6, 6.07) is 6.85. The monoisotopic (exact) mass is 444 g/mol. The largest absolute Gasteiger partial charge is 0.444 e. The fourth-order valence-corrected chi connectivity index (χ4v) is 6.00. The number of carbonyl (C=O) groups excluding carboxylic acids is 1. The maximum atomic E-state index is 12.5. The van der Waals surface area contributed by atoms with E-state index in [0.29, 0.717) is 36.4 Å². The number of benzene rings is 1. The van der Waals surface area contributed by atoms with E-state index in [-0.39, 0.29) is 6.09 Å². The number of amides is 1. The zero-order valence-electron chi connectivity index (χ0n) is 21.6. The lowest BCUT2D eigenvalue weighted by Crippen LogP contribution is -2.50. The molecule has 0 radical (unpaired) electrons. The SMILES string of the molecule is COCc1ccc(N2CCN(C(=O)OC(C)(C)C)CC2)c(C2CC(C)(C)CC(C)(C)C2)c1. The van der Waals surface area contributed by atoms with Crippen molar-refractivity contribution in [2.45, 2.75) is 85.9 Å². The molecule has 1 aromatic carbocycles. The molecule has 0 bridgehead atoms. The minimum absolute atomic E-state index is 0.205. The molecule has 2 aliphatic rings. The van der Waals surface area contributed by atoms with Crippen LogP contribution in [0.2, 0.25) is 0 Å². The number of methoxy groups -OCH3 is 1. The molecule has 1 saturated heterocycles. The van der Waals surface area contributed by atoms with Gasteiger partial charge in [-0.1, -0.05) is 39.8 Å². The Morgan fingerprint density at radius 1 is 1.03 bits per heavy atom. The van der Waals surface area contributed by atoms with Gasteiger partial charge in [0.05, 0.1) is 6.61 Å². The van der Waals surface area contributed by atoms with Gasteiger partial charge in [-0.3, -0.25) is 0 Å². The van der Waals surface area contributed by atoms with Crippen molar-refractivity contribution in [2.24, 2.45) is 10.8 Å². The van der Waals surface area contributed by atoms with Gasteiger partial charge in [0.2, 0.25) is 0 Å². The van der Waals surface area contributed by atoms with Crippen LogP contribution in [0.5, 0.6) is 0 Å². The normalized spacial score (nSPS) is 21.5. The molecule has 2 fully saturated rings. The van der Waals surface area contributed by atoms with Crippen molar-refractivity contribution in [3.63, 3.8) is 0 Å². The smallest absolute Gasteiger partial charge is 0.410 e. The fourth-order valence-electron chi connectivity index (χ4n) is 6.00. The first-order valence-electron chi connectivity index (χ1n) is 12.1. The van der Waals surface area contributed by atoms with Crippen molar-refractivity contribution < 1.29 is 14.3 Å². The Labute approximate surface area is 195 Å². The highest BCUT2D eigenvalue weighted by atomic mass is 16.6. The summed E-state index contributed by atoms with van der Waals surface area (Å²) in [5, 5.41) is 0. The number of rotatable bonds is 4. The Kier molecular flexibility index (Phi) is 7.19. The Morgan fingerprint density at radius 3 is 2.16 bits per heavy atom. The third kappa shape index (κ3) is 6.40. The van der Waals surface area contributed by atoms with Gasteiger partial charge >= 0.3 is 6.09 Å². The fraction of sp³-hybridized carbons (Fsp3) is 0.741. The molecule has 0 spiro atoms. The lowest BCUT2D eigenvalue weighted by molar-refractivity contribution is 0.0240. The standard InChI is InChI=1S/C27H44N2O3/c1-25(2,3)32-24(30)29-13-11-28(12-14-29)23-10-9-20(18-31-8)15-22(23)21-16-26(4,5)19-27(6,7)17-21/h9-10,15,21H,11-14,16-19H2,1-8H3. The highest BCUT2D eigenvalue weighted by Crippen LogP contribution is 2.53. The zero-order valence-corrected chi connectivity index (χ0v) is 21.6. The average molecular weight is 445 g/mol. The van der Waals surface area contributed by atoms with Crippen LogP contribution in [0.15, 0.2) is 18.2 Å². The molecule has 0 N–H and O–H groups in total. The zero-order chi connectivity index (χ0) is 23.7. The molecule has 180 valence electrons. The first kappa shape index (κ1) is 24.9. The molecule has 0 unspecified atom stereocenters. The van der Waals surface area contributed by atoms with Crippen LogP contribution >= 0.6 is 0 Å². The summed E-state index contributed by atoms with van der Waals surface area (Å²) in [5.74, 6) is 0.532. The van der Waals surface area contributed by atoms with Gasteiger partial charge in [-0.2, -0.15) is 0 Å². The van der Waals surface area contributed by atoms with E-state index >= 15 is 0 Å². The topological polar surface area (TPSA) is 42.0 Å². The lowest BCUT2D eigenvalue weighted by atomic mass is 9.60. The summed E-state index contributed by atoms with van der Waals surface area (Å²) < 4.78 is 11.0. The predicted molar refractivity (Wildman–Crippen MR) is 131 cm³/mol. The second-order valence-corrected chi connectivity index (χ2v) is 12.4. The first-order chi connectivity index (χ1) is 14.8. The van der Waals surface area contributed by atoms with Crippen molar-refractivity contribution in [3.05, 3.63) is 29.3 Å². The van der Waals surface area contributed by atoms with E-state index in [9.17, 15) is 4.79 Å². The molecule has 1 aliphatic carbocycles. The summed E-state index contributed by atoms with van der Waals surface area (Å²) >= 11 is 0. The molecule has 5 heteroatoms. The van der Waals surface area contributed by atoms with E-state index in [2.05, 4.69) is 50.8 Å². The van der Waals surface area contributed by atoms with Gasteiger partial charge in [0.1, 0.15) is 5.60 Å². The van der Waals surface area contributed by atoms with Gasteiger partial charge in [0.25, 0.3) is 0 Å². The number of ether oxygens (including phenoxy) is 2. The van der Waals surface area contributed by atoms with Gasteiger partial charge in [-0.25, -0.2) is 4.79 Å². The highest BCUT2D eigenvalue weighted by Gasteiger charge is 2.40. The summed E-state index contributed by atoms with van der Waals surface area (Å²) in [4.78, 5) is 16.8. The van der Waals surface area contributed by atoms with Crippen LogP contribution in [0.25, 0.3) is 0 Å². The number of hydrogen-bond donors (Lipinski definition) is 0. The van der Waals surface area contributed by atoms with E-state index in [0.717, 1.165) is 13.1 Å². The van der Waals surface area contributed by atoms with Gasteiger partial charge in [-0.15, -0.1) is 0 Å². The molecule has 0 atom stereocenters. The minimum Gasteiger partial charge on any atom is -0.444 e. The quantitative estimate of drug-likeness (QED) is 0.554. The van der Waals surface area contributed by atoms with Crippen molar-refractivity contribution in [1.82, 2.24) is 4.90 Å². The maximum Gasteiger partial charge on any atom is 0.410 e. The molecule has 1 aromatic rings. The lowest BCUT2D eigenvalue weighted by Gasteiger charge is -2.46. The molecular weight excluding hydrogens is 400 g/mol. The summed E-state index contributed by atoms with van der Waals surface area (Å²) in [7, 11) is 1.76. The van der Waals surface area contributed by atoms with Crippen LogP contribution in [0, 0.1) is 10.8 Å². The molecule has 1 aliphatic heterocycles. The Hall–Kier alpha value is -1.75. The summed E-state index contributed by atoms with van der Waals surface area (Å²) in [5.41, 5.74) is 4.21. The van der Waals surface area contributed by atoms with Crippen molar-refractivity contribution in [3.8, 4) is 0 Å². The van der Waals surface area contributed by atoms with Gasteiger partial charge in [-0.05, 0) is 74.0 Å². The average Bonchev–Trinajstić information content (AvgIpc) is 2.64. The Morgan fingerprint density at radius 2 is 1.62 bits per heavy atom. The van der Waals surface area contributed by atoms with E-state index in [4.69, 9.17) is 9.47 Å². The minimum atomic E-state index is -0.459. The highest BCUT2D eigenvalue weighted by molar-refractivity contribution is 5.69. The number of hydrogen-bond acceptors (Lipinski definition) is 4. The van der Waals surface area contributed by atoms with Crippen LogP contribution < -0.4 is 4.90 Å². The Balaban J connectivity index is 1.82. The van der Waals surface area contributed by atoms with Crippen molar-refractivity contribution >= 4 is 11.8 Å². The second-order valence-electron chi connectivity index (χ2n) is 12.4. The van der Waals surface area contributed by atoms with Crippen LogP contribution in [0.4, 0.5) is 10.5 Å². The van der Waals surface area contributed by atoms with Crippen LogP contribution in [0.3, 0.4) is 0 Å². The van der Waals surface area contributed by atoms with Crippen molar-refractivity contribution in [1.29, 1.82) is 0 Å². The Bertz CT molecular complexity index is 786. The molecule has 32 heavy (non-hydrogen) atoms. The summed E-state index contributed by atoms with van der Waals surface area (Å²) in [6.45, 7) is 19.1. The van der Waals surface area contributed by atoms with E-state index in [1.165, 1.54) is 36.1 Å². The third-order valence-corrected chi connectivity index (χ3v) is 6.67. The van der Waals surface area contributed by atoms with Gasteiger partial charge < -0.3 is 19.3 Å². The van der Waals surface area contributed by atoms with Crippen LogP contribution in [-0.2, 0) is 16.1 Å². The number of carbonyl (C=O) groups is 1. The van der Waals surface area contributed by atoms with Crippen LogP contribution in [0.1, 0.15) is 84.8 Å². The van der Waals surface area contributed by atoms with Crippen LogP contribution in [-0.4, -0.2) is 49.9 Å². The van der Waals surface area contributed by atoms with E-state index in [1.54, 1.807) is 7.11 Å².